The average Bonchev–Trinajstić information content (AvgIpc) is 2.48. The Morgan fingerprint density at radius 3 is 2.50 bits per heavy atom. The van der Waals surface area contributed by atoms with E-state index in [2.05, 4.69) is 15.9 Å². The fourth-order valence-corrected chi connectivity index (χ4v) is 2.16. The molecule has 0 saturated carbocycles. The molecule has 4 heteroatoms. The molecule has 2 nitrogen and oxygen atoms in total. The van der Waals surface area contributed by atoms with E-state index in [1.54, 1.807) is 36.4 Å². The van der Waals surface area contributed by atoms with Gasteiger partial charge in [0.25, 0.3) is 0 Å². The van der Waals surface area contributed by atoms with Crippen LogP contribution >= 0.6 is 15.9 Å². The van der Waals surface area contributed by atoms with Gasteiger partial charge < -0.3 is 4.74 Å². The number of rotatable bonds is 5. The summed E-state index contributed by atoms with van der Waals surface area (Å²) in [5.74, 6) is 0.494. The number of hydrogen-bond acceptors (Lipinski definition) is 2. The highest BCUT2D eigenvalue weighted by Gasteiger charge is 2.04. The van der Waals surface area contributed by atoms with Gasteiger partial charge in [-0.05, 0) is 57.9 Å². The van der Waals surface area contributed by atoms with Crippen LogP contribution in [0.2, 0.25) is 0 Å². The molecule has 0 unspecified atom stereocenters. The number of ketones is 1. The second kappa shape index (κ2) is 6.66. The molecule has 0 amide bonds. The molecule has 20 heavy (non-hydrogen) atoms. The Kier molecular flexibility index (Phi) is 4.90. The minimum atomic E-state index is -0.295. The summed E-state index contributed by atoms with van der Waals surface area (Å²) in [6.07, 6.45) is 0.490. The van der Waals surface area contributed by atoms with Crippen molar-refractivity contribution in [1.29, 1.82) is 0 Å². The van der Waals surface area contributed by atoms with E-state index in [0.717, 1.165) is 5.56 Å². The number of ether oxygens (including phenoxy) is 1. The second-order valence-electron chi connectivity index (χ2n) is 4.34. The average molecular weight is 337 g/mol. The Hall–Kier alpha value is -1.68. The Morgan fingerprint density at radius 2 is 1.90 bits per heavy atom. The first-order valence-electron chi connectivity index (χ1n) is 6.30. The Labute approximate surface area is 125 Å². The first-order chi connectivity index (χ1) is 9.60. The monoisotopic (exact) mass is 336 g/mol. The van der Waals surface area contributed by atoms with E-state index in [4.69, 9.17) is 4.74 Å². The molecule has 0 heterocycles. The fourth-order valence-electron chi connectivity index (χ4n) is 1.74. The molecule has 0 radical (unpaired) electrons. The Bertz CT molecular complexity index is 608. The van der Waals surface area contributed by atoms with E-state index in [-0.39, 0.29) is 11.6 Å². The van der Waals surface area contributed by atoms with E-state index >= 15 is 0 Å². The van der Waals surface area contributed by atoms with Gasteiger partial charge in [-0.2, -0.15) is 0 Å². The van der Waals surface area contributed by atoms with Gasteiger partial charge >= 0.3 is 0 Å². The van der Waals surface area contributed by atoms with Gasteiger partial charge in [0.1, 0.15) is 18.2 Å². The summed E-state index contributed by atoms with van der Waals surface area (Å²) < 4.78 is 19.1. The lowest BCUT2D eigenvalue weighted by atomic mass is 10.1. The van der Waals surface area contributed by atoms with Crippen LogP contribution in [-0.4, -0.2) is 5.78 Å². The summed E-state index contributed by atoms with van der Waals surface area (Å²) in [6.45, 7) is 2.18. The van der Waals surface area contributed by atoms with Gasteiger partial charge in [-0.15, -0.1) is 0 Å². The first-order valence-corrected chi connectivity index (χ1v) is 7.09. The van der Waals surface area contributed by atoms with Crippen LogP contribution in [0.3, 0.4) is 0 Å². The van der Waals surface area contributed by atoms with Gasteiger partial charge in [-0.1, -0.05) is 13.0 Å². The van der Waals surface area contributed by atoms with Crippen molar-refractivity contribution in [2.24, 2.45) is 0 Å². The highest BCUT2D eigenvalue weighted by molar-refractivity contribution is 9.10. The predicted molar refractivity (Wildman–Crippen MR) is 79.5 cm³/mol. The first kappa shape index (κ1) is 14.7. The number of Topliss-reactive ketones (excluding diaryl/α,β-unsaturated/α-hetero) is 1. The molecule has 0 spiro atoms. The molecule has 0 bridgehead atoms. The summed E-state index contributed by atoms with van der Waals surface area (Å²) in [4.78, 5) is 11.5. The summed E-state index contributed by atoms with van der Waals surface area (Å²) in [5.41, 5.74) is 1.55. The number of carbonyl (C=O) groups is 1. The third-order valence-corrected chi connectivity index (χ3v) is 3.49. The second-order valence-corrected chi connectivity index (χ2v) is 5.19. The lowest BCUT2D eigenvalue weighted by Gasteiger charge is -2.07. The molecule has 104 valence electrons. The van der Waals surface area contributed by atoms with Gasteiger partial charge in [0.15, 0.2) is 5.78 Å². The minimum absolute atomic E-state index is 0.110. The largest absolute Gasteiger partial charge is 0.489 e. The molecule has 0 atom stereocenters. The highest BCUT2D eigenvalue weighted by atomic mass is 79.9. The number of halogens is 2. The van der Waals surface area contributed by atoms with Crippen molar-refractivity contribution in [3.8, 4) is 5.75 Å². The highest BCUT2D eigenvalue weighted by Crippen LogP contribution is 2.19. The van der Waals surface area contributed by atoms with E-state index in [0.29, 0.717) is 28.8 Å². The van der Waals surface area contributed by atoms with Crippen molar-refractivity contribution >= 4 is 21.7 Å². The van der Waals surface area contributed by atoms with Crippen LogP contribution in [0.25, 0.3) is 0 Å². The summed E-state index contributed by atoms with van der Waals surface area (Å²) in [6, 6.07) is 11.8. The summed E-state index contributed by atoms with van der Waals surface area (Å²) >= 11 is 3.14. The number of hydrogen-bond donors (Lipinski definition) is 0. The lowest BCUT2D eigenvalue weighted by molar-refractivity contribution is 0.0988. The molecular formula is C16H14BrFO2. The molecule has 0 fully saturated rings. The van der Waals surface area contributed by atoms with Crippen LogP contribution < -0.4 is 4.74 Å². The van der Waals surface area contributed by atoms with Crippen molar-refractivity contribution in [3.63, 3.8) is 0 Å². The van der Waals surface area contributed by atoms with Crippen molar-refractivity contribution in [3.05, 3.63) is 63.9 Å². The van der Waals surface area contributed by atoms with Crippen LogP contribution in [0.5, 0.6) is 5.75 Å². The van der Waals surface area contributed by atoms with Gasteiger partial charge in [0.2, 0.25) is 0 Å². The molecule has 0 aliphatic carbocycles. The number of carbonyl (C=O) groups excluding carboxylic acids is 1. The van der Waals surface area contributed by atoms with Crippen molar-refractivity contribution in [1.82, 2.24) is 0 Å². The van der Waals surface area contributed by atoms with Crippen LogP contribution in [0.4, 0.5) is 4.39 Å². The Morgan fingerprint density at radius 1 is 1.20 bits per heavy atom. The van der Waals surface area contributed by atoms with Gasteiger partial charge in [0.05, 0.1) is 4.47 Å². The summed E-state index contributed by atoms with van der Waals surface area (Å²) in [5, 5.41) is 0. The number of benzene rings is 2. The predicted octanol–water partition coefficient (Wildman–Crippen LogP) is 4.76. The SMILES string of the molecule is CCC(=O)c1ccc(OCc2ccc(F)c(Br)c2)cc1. The molecule has 0 aliphatic rings. The normalized spacial score (nSPS) is 10.3. The van der Waals surface area contributed by atoms with E-state index in [1.807, 2.05) is 6.92 Å². The molecule has 0 aliphatic heterocycles. The van der Waals surface area contributed by atoms with Crippen LogP contribution in [0.15, 0.2) is 46.9 Å². The smallest absolute Gasteiger partial charge is 0.162 e. The van der Waals surface area contributed by atoms with Crippen molar-refractivity contribution in [2.75, 3.05) is 0 Å². The zero-order valence-electron chi connectivity index (χ0n) is 11.0. The van der Waals surface area contributed by atoms with Crippen LogP contribution in [0, 0.1) is 5.82 Å². The third-order valence-electron chi connectivity index (χ3n) is 2.89. The quantitative estimate of drug-likeness (QED) is 0.736. The standard InChI is InChI=1S/C16H14BrFO2/c1-2-16(19)12-4-6-13(7-5-12)20-10-11-3-8-15(18)14(17)9-11/h3-9H,2,10H2,1H3. The maximum absolute atomic E-state index is 13.1. The lowest BCUT2D eigenvalue weighted by Crippen LogP contribution is -1.98. The zero-order chi connectivity index (χ0) is 14.5. The fraction of sp³-hybridized carbons (Fsp3) is 0.188. The third kappa shape index (κ3) is 3.67. The van der Waals surface area contributed by atoms with E-state index in [1.165, 1.54) is 6.07 Å². The minimum Gasteiger partial charge on any atom is -0.489 e. The van der Waals surface area contributed by atoms with E-state index in [9.17, 15) is 9.18 Å². The Balaban J connectivity index is 2.00. The van der Waals surface area contributed by atoms with Gasteiger partial charge in [0, 0.05) is 12.0 Å². The molecular weight excluding hydrogens is 323 g/mol. The molecule has 2 aromatic carbocycles. The molecule has 0 aromatic heterocycles. The zero-order valence-corrected chi connectivity index (χ0v) is 12.6. The van der Waals surface area contributed by atoms with Gasteiger partial charge in [-0.25, -0.2) is 4.39 Å². The maximum atomic E-state index is 13.1. The van der Waals surface area contributed by atoms with Crippen LogP contribution in [0.1, 0.15) is 29.3 Å². The van der Waals surface area contributed by atoms with Crippen molar-refractivity contribution < 1.29 is 13.9 Å². The van der Waals surface area contributed by atoms with Gasteiger partial charge in [-0.3, -0.25) is 4.79 Å². The topological polar surface area (TPSA) is 26.3 Å². The van der Waals surface area contributed by atoms with Crippen LogP contribution in [-0.2, 0) is 6.61 Å². The molecule has 2 rings (SSSR count). The molecule has 2 aromatic rings. The van der Waals surface area contributed by atoms with Crippen molar-refractivity contribution in [2.45, 2.75) is 20.0 Å². The summed E-state index contributed by atoms with van der Waals surface area (Å²) in [7, 11) is 0. The molecule has 0 N–H and O–H groups in total. The maximum Gasteiger partial charge on any atom is 0.162 e. The molecule has 0 saturated heterocycles. The van der Waals surface area contributed by atoms with E-state index < -0.39 is 0 Å².